The number of carbonyl (C=O) groups excluding carboxylic acids is 1. The van der Waals surface area contributed by atoms with E-state index >= 15 is 0 Å². The van der Waals surface area contributed by atoms with Gasteiger partial charge < -0.3 is 0 Å². The van der Waals surface area contributed by atoms with Crippen LogP contribution in [0.25, 0.3) is 17.0 Å². The summed E-state index contributed by atoms with van der Waals surface area (Å²) in [4.78, 5) is 25.9. The lowest BCUT2D eigenvalue weighted by atomic mass is 9.60. The number of nitrogens with zero attached hydrogens (tertiary/aromatic N) is 4. The van der Waals surface area contributed by atoms with Crippen molar-refractivity contribution in [2.24, 2.45) is 11.3 Å². The van der Waals surface area contributed by atoms with Crippen LogP contribution < -0.4 is 0 Å². The fourth-order valence-electron chi connectivity index (χ4n) is 4.66. The molecule has 0 aromatic carbocycles. The van der Waals surface area contributed by atoms with Crippen LogP contribution in [-0.2, 0) is 17.9 Å². The van der Waals surface area contributed by atoms with E-state index in [0.717, 1.165) is 11.5 Å². The number of carbonyl (C=O) groups is 1. The van der Waals surface area contributed by atoms with Gasteiger partial charge in [-0.25, -0.2) is 18.7 Å². The molecule has 0 bridgehead atoms. The van der Waals surface area contributed by atoms with E-state index in [2.05, 4.69) is 43.9 Å². The lowest BCUT2D eigenvalue weighted by molar-refractivity contribution is -0.118. The average Bonchev–Trinajstić information content (AvgIpc) is 2.90. The quantitative estimate of drug-likeness (QED) is 0.370. The molecule has 0 N–H and O–H groups in total. The molecule has 0 saturated carbocycles. The van der Waals surface area contributed by atoms with Gasteiger partial charge in [-0.15, -0.1) is 0 Å². The summed E-state index contributed by atoms with van der Waals surface area (Å²) in [5, 5.41) is 9.46. The van der Waals surface area contributed by atoms with E-state index in [1.54, 1.807) is 18.2 Å². The van der Waals surface area contributed by atoms with Gasteiger partial charge in [0.25, 0.3) is 0 Å². The number of ketones is 1. The normalized spacial score (nSPS) is 20.4. The highest BCUT2D eigenvalue weighted by atomic mass is 19.1. The molecule has 0 radical (unpaired) electrons. The number of Topliss-reactive ketones (excluding diaryl/α,β-unsaturated/α-hetero) is 1. The van der Waals surface area contributed by atoms with Gasteiger partial charge in [-0.1, -0.05) is 65.5 Å². The second-order valence-corrected chi connectivity index (χ2v) is 10.4. The largest absolute Gasteiger partial charge is 0.293 e. The van der Waals surface area contributed by atoms with Crippen molar-refractivity contribution in [2.75, 3.05) is 0 Å². The zero-order chi connectivity index (χ0) is 28.0. The molecule has 2 aliphatic carbocycles. The molecule has 2 heterocycles. The minimum absolute atomic E-state index is 0.104. The number of hydrogen-bond acceptors (Lipinski definition) is 5. The van der Waals surface area contributed by atoms with E-state index in [1.807, 2.05) is 13.0 Å². The summed E-state index contributed by atoms with van der Waals surface area (Å²) >= 11 is 0. The Morgan fingerprint density at radius 3 is 2.66 bits per heavy atom. The van der Waals surface area contributed by atoms with Gasteiger partial charge in [-0.2, -0.15) is 5.26 Å². The van der Waals surface area contributed by atoms with Crippen LogP contribution in [0.2, 0.25) is 0 Å². The maximum absolute atomic E-state index is 14.5. The van der Waals surface area contributed by atoms with Crippen molar-refractivity contribution >= 4 is 11.4 Å². The van der Waals surface area contributed by atoms with Crippen molar-refractivity contribution in [1.82, 2.24) is 15.0 Å². The number of allylic oxidation sites excluding steroid dienone is 6. The highest BCUT2D eigenvalue weighted by Gasteiger charge is 2.46. The van der Waals surface area contributed by atoms with E-state index < -0.39 is 17.9 Å². The number of hydrogen-bond donors (Lipinski definition) is 0. The average molecular weight is 517 g/mol. The number of aromatic nitrogens is 3. The summed E-state index contributed by atoms with van der Waals surface area (Å²) in [7, 11) is 0. The second-order valence-electron chi connectivity index (χ2n) is 10.4. The Balaban J connectivity index is 0.000000732. The SMILES string of the molecule is C=C/C=C(\C(=C)F)c1nc(-c2ccnc(CF)c2)nc2c1CCC1(C)CC(=O)C(C#N)=CC21.CCC(C)C. The topological polar surface area (TPSA) is 79.5 Å². The molecule has 0 saturated heterocycles. The first-order valence-corrected chi connectivity index (χ1v) is 12.8. The van der Waals surface area contributed by atoms with Crippen molar-refractivity contribution in [3.8, 4) is 17.5 Å². The van der Waals surface area contributed by atoms with Gasteiger partial charge in [-0.05, 0) is 36.3 Å². The van der Waals surface area contributed by atoms with Crippen molar-refractivity contribution in [3.05, 3.63) is 83.8 Å². The number of nitriles is 1. The van der Waals surface area contributed by atoms with E-state index in [4.69, 9.17) is 4.98 Å². The molecule has 7 heteroatoms. The summed E-state index contributed by atoms with van der Waals surface area (Å²) in [5.41, 5.74) is 2.39. The molecule has 0 amide bonds. The first-order chi connectivity index (χ1) is 18.1. The maximum Gasteiger partial charge on any atom is 0.173 e. The highest BCUT2D eigenvalue weighted by Crippen LogP contribution is 2.52. The van der Waals surface area contributed by atoms with Crippen molar-refractivity contribution in [3.63, 3.8) is 0 Å². The van der Waals surface area contributed by atoms with E-state index in [1.165, 1.54) is 24.8 Å². The van der Waals surface area contributed by atoms with Crippen LogP contribution in [0.15, 0.2) is 61.1 Å². The molecule has 2 aliphatic rings. The Bertz CT molecular complexity index is 1350. The van der Waals surface area contributed by atoms with E-state index in [-0.39, 0.29) is 40.8 Å². The Labute approximate surface area is 223 Å². The standard InChI is InChI=1S/C26H22F2N4O.C5H12/c1-4-5-19(15(2)28)23-20-6-8-26(3)12-22(33)17(14-29)11-21(26)24(20)32-25(31-23)16-7-9-30-18(10-16)13-27;1-4-5(2)3/h4-5,7,9-11,21H,1-2,6,8,12-13H2,3H3;5H,4H2,1-3H3/b19-5+;. The minimum Gasteiger partial charge on any atom is -0.293 e. The Morgan fingerprint density at radius 2 is 2.08 bits per heavy atom. The third-order valence-corrected chi connectivity index (χ3v) is 7.21. The van der Waals surface area contributed by atoms with Gasteiger partial charge in [0.15, 0.2) is 11.6 Å². The zero-order valence-corrected chi connectivity index (χ0v) is 22.5. The first kappa shape index (κ1) is 28.8. The summed E-state index contributed by atoms with van der Waals surface area (Å²) < 4.78 is 27.8. The summed E-state index contributed by atoms with van der Waals surface area (Å²) in [6.07, 6.45) is 8.84. The number of rotatable bonds is 6. The molecule has 198 valence electrons. The van der Waals surface area contributed by atoms with Crippen LogP contribution >= 0.6 is 0 Å². The number of fused-ring (bicyclic) bond motifs is 3. The second kappa shape index (κ2) is 12.2. The van der Waals surface area contributed by atoms with E-state index in [0.29, 0.717) is 29.8 Å². The summed E-state index contributed by atoms with van der Waals surface area (Å²) in [5.74, 6) is -0.00352. The Morgan fingerprint density at radius 1 is 1.37 bits per heavy atom. The van der Waals surface area contributed by atoms with Gasteiger partial charge in [-0.3, -0.25) is 9.78 Å². The molecule has 2 aromatic heterocycles. The zero-order valence-electron chi connectivity index (χ0n) is 22.5. The summed E-state index contributed by atoms with van der Waals surface area (Å²) in [6.45, 7) is 15.0. The number of pyridine rings is 1. The van der Waals surface area contributed by atoms with Crippen LogP contribution in [0, 0.1) is 22.7 Å². The first-order valence-electron chi connectivity index (χ1n) is 12.8. The van der Waals surface area contributed by atoms with Crippen molar-refractivity contribution in [1.29, 1.82) is 5.26 Å². The smallest absolute Gasteiger partial charge is 0.173 e. The lowest BCUT2D eigenvalue weighted by Crippen LogP contribution is -2.37. The fourth-order valence-corrected chi connectivity index (χ4v) is 4.66. The van der Waals surface area contributed by atoms with Crippen molar-refractivity contribution in [2.45, 2.75) is 66.0 Å². The van der Waals surface area contributed by atoms with Crippen LogP contribution in [0.5, 0.6) is 0 Å². The highest BCUT2D eigenvalue weighted by molar-refractivity contribution is 6.00. The maximum atomic E-state index is 14.5. The lowest BCUT2D eigenvalue weighted by Gasteiger charge is -2.43. The van der Waals surface area contributed by atoms with Crippen LogP contribution in [0.4, 0.5) is 8.78 Å². The number of alkyl halides is 1. The van der Waals surface area contributed by atoms with Crippen LogP contribution in [0.3, 0.4) is 0 Å². The predicted molar refractivity (Wildman–Crippen MR) is 146 cm³/mol. The van der Waals surface area contributed by atoms with Gasteiger partial charge in [0.05, 0.1) is 22.7 Å². The third kappa shape index (κ3) is 6.02. The van der Waals surface area contributed by atoms with Gasteiger partial charge >= 0.3 is 0 Å². The molecule has 0 spiro atoms. The molecule has 0 aliphatic heterocycles. The van der Waals surface area contributed by atoms with E-state index in [9.17, 15) is 18.8 Å². The molecule has 5 nitrogen and oxygen atoms in total. The Hall–Kier alpha value is -3.79. The summed E-state index contributed by atoms with van der Waals surface area (Å²) in [6, 6.07) is 5.20. The Kier molecular flexibility index (Phi) is 9.22. The molecular weight excluding hydrogens is 482 g/mol. The minimum atomic E-state index is -0.744. The fraction of sp³-hybridized carbons (Fsp3) is 0.387. The van der Waals surface area contributed by atoms with Crippen LogP contribution in [-0.4, -0.2) is 20.7 Å². The molecule has 2 atom stereocenters. The van der Waals surface area contributed by atoms with Gasteiger partial charge in [0.1, 0.15) is 18.6 Å². The van der Waals surface area contributed by atoms with Gasteiger partial charge in [0, 0.05) is 35.2 Å². The predicted octanol–water partition coefficient (Wildman–Crippen LogP) is 7.57. The molecule has 0 fully saturated rings. The monoisotopic (exact) mass is 516 g/mol. The van der Waals surface area contributed by atoms with Crippen molar-refractivity contribution < 1.29 is 13.6 Å². The van der Waals surface area contributed by atoms with Crippen LogP contribution in [0.1, 0.15) is 75.5 Å². The molecule has 2 aromatic rings. The molecular formula is C31H34F2N4O. The molecule has 38 heavy (non-hydrogen) atoms. The third-order valence-electron chi connectivity index (χ3n) is 7.21. The number of halogens is 2. The molecule has 2 unspecified atom stereocenters. The van der Waals surface area contributed by atoms with Gasteiger partial charge in [0.2, 0.25) is 0 Å². The molecule has 4 rings (SSSR count).